The van der Waals surface area contributed by atoms with E-state index in [4.69, 9.17) is 9.47 Å². The minimum Gasteiger partial charge on any atom is -0.480 e. The number of ether oxygens (including phenoxy) is 2. The zero-order valence-electron chi connectivity index (χ0n) is 21.1. The first-order valence-electron chi connectivity index (χ1n) is 11.6. The van der Waals surface area contributed by atoms with E-state index in [1.165, 1.54) is 5.01 Å². The summed E-state index contributed by atoms with van der Waals surface area (Å²) in [5.74, 6) is -1.87. The summed E-state index contributed by atoms with van der Waals surface area (Å²) in [7, 11) is -2.32. The Hall–Kier alpha value is -3.33. The van der Waals surface area contributed by atoms with Crippen LogP contribution < -0.4 is 0 Å². The maximum atomic E-state index is 13.5. The Morgan fingerprint density at radius 2 is 1.43 bits per heavy atom. The van der Waals surface area contributed by atoms with Gasteiger partial charge in [-0.15, -0.1) is 0 Å². The predicted octanol–water partition coefficient (Wildman–Crippen LogP) is 5.27. The van der Waals surface area contributed by atoms with Gasteiger partial charge in [-0.25, -0.2) is 19.4 Å². The van der Waals surface area contributed by atoms with Crippen molar-refractivity contribution in [2.45, 2.75) is 70.2 Å². The quantitative estimate of drug-likeness (QED) is 0.564. The van der Waals surface area contributed by atoms with E-state index < -0.39 is 49.5 Å². The summed E-state index contributed by atoms with van der Waals surface area (Å²) in [4.78, 5) is 39.7. The fourth-order valence-corrected chi connectivity index (χ4v) is 6.86. The number of hydrazine groups is 1. The van der Waals surface area contributed by atoms with Gasteiger partial charge in [0.15, 0.2) is 6.04 Å². The highest BCUT2D eigenvalue weighted by Crippen LogP contribution is 2.43. The van der Waals surface area contributed by atoms with Crippen LogP contribution in [0.25, 0.3) is 0 Å². The fraction of sp³-hybridized carbons (Fsp3) is 0.423. The van der Waals surface area contributed by atoms with Gasteiger partial charge in [0.1, 0.15) is 12.2 Å². The van der Waals surface area contributed by atoms with Gasteiger partial charge in [-0.3, -0.25) is 0 Å². The van der Waals surface area contributed by atoms with Crippen molar-refractivity contribution in [3.8, 4) is 0 Å². The first-order chi connectivity index (χ1) is 16.3. The second kappa shape index (κ2) is 10.1. The molecule has 2 amide bonds. The van der Waals surface area contributed by atoms with E-state index >= 15 is 0 Å². The summed E-state index contributed by atoms with van der Waals surface area (Å²) < 4.78 is 11.2. The molecule has 2 aromatic carbocycles. The lowest BCUT2D eigenvalue weighted by molar-refractivity contribution is -0.145. The van der Waals surface area contributed by atoms with Crippen molar-refractivity contribution < 1.29 is 29.0 Å². The van der Waals surface area contributed by atoms with Crippen molar-refractivity contribution in [2.24, 2.45) is 0 Å². The van der Waals surface area contributed by atoms with Crippen molar-refractivity contribution in [3.05, 3.63) is 71.8 Å². The summed E-state index contributed by atoms with van der Waals surface area (Å²) >= 11 is 0. The number of amides is 2. The van der Waals surface area contributed by atoms with Gasteiger partial charge in [-0.1, -0.05) is 80.3 Å². The molecule has 3 atom stereocenters. The monoisotopic (exact) mass is 498 g/mol. The molecule has 0 bridgehead atoms. The highest BCUT2D eigenvalue weighted by molar-refractivity contribution is 6.78. The Morgan fingerprint density at radius 3 is 1.91 bits per heavy atom. The maximum Gasteiger partial charge on any atom is 0.430 e. The fourth-order valence-electron chi connectivity index (χ4n) is 4.45. The molecule has 0 aliphatic carbocycles. The summed E-state index contributed by atoms with van der Waals surface area (Å²) in [5, 5.41) is 12.5. The van der Waals surface area contributed by atoms with Gasteiger partial charge in [-0.05, 0) is 31.9 Å². The van der Waals surface area contributed by atoms with Crippen LogP contribution in [-0.2, 0) is 20.9 Å². The molecule has 1 unspecified atom stereocenters. The van der Waals surface area contributed by atoms with Crippen molar-refractivity contribution in [2.75, 3.05) is 0 Å². The Bertz CT molecular complexity index is 1050. The van der Waals surface area contributed by atoms with E-state index in [2.05, 4.69) is 0 Å². The van der Waals surface area contributed by atoms with Gasteiger partial charge >= 0.3 is 18.2 Å². The lowest BCUT2D eigenvalue weighted by atomic mass is 9.92. The van der Waals surface area contributed by atoms with Crippen LogP contribution >= 0.6 is 0 Å². The molecule has 2 aromatic rings. The first-order valence-corrected chi connectivity index (χ1v) is 15.2. The first kappa shape index (κ1) is 26.3. The lowest BCUT2D eigenvalue weighted by Crippen LogP contribution is -2.58. The molecule has 1 saturated heterocycles. The van der Waals surface area contributed by atoms with Gasteiger partial charge in [0.2, 0.25) is 0 Å². The van der Waals surface area contributed by atoms with Crippen molar-refractivity contribution in [3.63, 3.8) is 0 Å². The summed E-state index contributed by atoms with van der Waals surface area (Å²) in [5.41, 5.74) is 0.0750. The maximum absolute atomic E-state index is 13.5. The normalized spacial score (nSPS) is 20.5. The molecule has 1 N–H and O–H groups in total. The van der Waals surface area contributed by atoms with Crippen LogP contribution in [0.1, 0.15) is 37.8 Å². The Labute approximate surface area is 207 Å². The average Bonchev–Trinajstić information content (AvgIpc) is 3.15. The molecule has 0 spiro atoms. The molecular formula is C26H34N2O6Si. The number of rotatable bonds is 5. The average molecular weight is 499 g/mol. The van der Waals surface area contributed by atoms with E-state index in [1.807, 2.05) is 68.2 Å². The van der Waals surface area contributed by atoms with Crippen LogP contribution in [0.3, 0.4) is 0 Å². The van der Waals surface area contributed by atoms with E-state index in [-0.39, 0.29) is 6.61 Å². The summed E-state index contributed by atoms with van der Waals surface area (Å²) in [6.07, 6.45) is -1.68. The second-order valence-electron chi connectivity index (χ2n) is 10.7. The Kier molecular flexibility index (Phi) is 7.59. The Morgan fingerprint density at radius 1 is 0.886 bits per heavy atom. The molecule has 3 rings (SSSR count). The van der Waals surface area contributed by atoms with Crippen LogP contribution in [0.2, 0.25) is 19.6 Å². The zero-order valence-corrected chi connectivity index (χ0v) is 22.1. The molecule has 1 aliphatic heterocycles. The third kappa shape index (κ3) is 6.03. The number of carboxylic acid groups (broad SMARTS) is 1. The smallest absolute Gasteiger partial charge is 0.430 e. The molecule has 9 heteroatoms. The molecule has 1 heterocycles. The summed E-state index contributed by atoms with van der Waals surface area (Å²) in [6, 6.07) is 16.9. The third-order valence-corrected chi connectivity index (χ3v) is 8.12. The molecule has 1 aliphatic rings. The van der Waals surface area contributed by atoms with Gasteiger partial charge in [0.25, 0.3) is 0 Å². The van der Waals surface area contributed by atoms with Gasteiger partial charge in [-0.2, -0.15) is 5.01 Å². The summed E-state index contributed by atoms with van der Waals surface area (Å²) in [6.45, 7) is 11.3. The van der Waals surface area contributed by atoms with Crippen LogP contribution in [-0.4, -0.2) is 58.7 Å². The number of carboxylic acids is 1. The van der Waals surface area contributed by atoms with Crippen LogP contribution in [0.15, 0.2) is 60.7 Å². The number of carbonyl (C=O) groups is 3. The number of aliphatic carboxylic acids is 1. The van der Waals surface area contributed by atoms with Gasteiger partial charge in [0, 0.05) is 5.92 Å². The van der Waals surface area contributed by atoms with Crippen molar-refractivity contribution >= 4 is 26.2 Å². The minimum absolute atomic E-state index is 0.0573. The topological polar surface area (TPSA) is 96.4 Å². The Balaban J connectivity index is 2.11. The van der Waals surface area contributed by atoms with Crippen LogP contribution in [0.4, 0.5) is 9.59 Å². The van der Waals surface area contributed by atoms with Gasteiger partial charge in [0.05, 0.1) is 13.7 Å². The number of hydrogen-bond acceptors (Lipinski definition) is 5. The molecule has 188 valence electrons. The second-order valence-corrected chi connectivity index (χ2v) is 16.1. The van der Waals surface area contributed by atoms with Crippen LogP contribution in [0, 0.1) is 0 Å². The number of benzene rings is 2. The third-order valence-electron chi connectivity index (χ3n) is 5.74. The van der Waals surface area contributed by atoms with Crippen molar-refractivity contribution in [1.29, 1.82) is 0 Å². The van der Waals surface area contributed by atoms with E-state index in [1.54, 1.807) is 32.9 Å². The SMILES string of the molecule is CC(C)(C)OC(=O)N1[C@@H]([Si](C)(C)C)[C@H](c2ccccc2)C(C(=O)O)N1C(=O)OCc1ccccc1. The highest BCUT2D eigenvalue weighted by Gasteiger charge is 2.60. The lowest BCUT2D eigenvalue weighted by Gasteiger charge is -2.38. The van der Waals surface area contributed by atoms with Crippen LogP contribution in [0.5, 0.6) is 0 Å². The van der Waals surface area contributed by atoms with Gasteiger partial charge < -0.3 is 14.6 Å². The molecular weight excluding hydrogens is 464 g/mol. The molecule has 8 nitrogen and oxygen atoms in total. The van der Waals surface area contributed by atoms with E-state index in [0.717, 1.165) is 16.1 Å². The van der Waals surface area contributed by atoms with E-state index in [9.17, 15) is 19.5 Å². The largest absolute Gasteiger partial charge is 0.480 e. The molecule has 0 saturated carbocycles. The molecule has 0 aromatic heterocycles. The number of hydrogen-bond donors (Lipinski definition) is 1. The predicted molar refractivity (Wildman–Crippen MR) is 134 cm³/mol. The molecule has 35 heavy (non-hydrogen) atoms. The van der Waals surface area contributed by atoms with Crippen molar-refractivity contribution in [1.82, 2.24) is 10.0 Å². The molecule has 0 radical (unpaired) electrons. The van der Waals surface area contributed by atoms with E-state index in [0.29, 0.717) is 0 Å². The number of nitrogens with zero attached hydrogens (tertiary/aromatic N) is 2. The number of carbonyl (C=O) groups excluding carboxylic acids is 2. The standard InChI is InChI=1S/C26H34N2O6Si/c1-26(2,3)34-25(32)28-22(35(4,5)6)20(19-15-11-8-12-16-19)21(23(29)30)27(28)24(31)33-17-18-13-9-7-10-14-18/h7-16,20-22H,17H2,1-6H3,(H,29,30)/t20-,21?,22+/m1/s1. The molecule has 1 fully saturated rings. The highest BCUT2D eigenvalue weighted by atomic mass is 28.3. The minimum atomic E-state index is -2.32. The zero-order chi connectivity index (χ0) is 26.0.